The van der Waals surface area contributed by atoms with E-state index in [0.717, 1.165) is 23.6 Å². The molecule has 7 nitrogen and oxygen atoms in total. The van der Waals surface area contributed by atoms with Gasteiger partial charge in [-0.3, -0.25) is 4.79 Å². The Hall–Kier alpha value is -3.36. The minimum Gasteiger partial charge on any atom is -0.497 e. The van der Waals surface area contributed by atoms with Crippen molar-refractivity contribution < 1.29 is 9.53 Å². The molecule has 4 rings (SSSR count). The third-order valence-corrected chi connectivity index (χ3v) is 6.05. The largest absolute Gasteiger partial charge is 0.497 e. The molecule has 0 saturated carbocycles. The van der Waals surface area contributed by atoms with Crippen molar-refractivity contribution in [2.75, 3.05) is 18.2 Å². The lowest BCUT2D eigenvalue weighted by Crippen LogP contribution is -2.15. The number of carbonyl (C=O) groups is 1. The Morgan fingerprint density at radius 1 is 1.06 bits per heavy atom. The van der Waals surface area contributed by atoms with Crippen molar-refractivity contribution in [3.8, 4) is 17.1 Å². The maximum Gasteiger partial charge on any atom is 0.236 e. The first-order chi connectivity index (χ1) is 16.1. The summed E-state index contributed by atoms with van der Waals surface area (Å²) < 4.78 is 7.31. The number of aromatic nitrogens is 4. The molecule has 0 bridgehead atoms. The molecule has 0 aliphatic rings. The van der Waals surface area contributed by atoms with E-state index >= 15 is 0 Å². The van der Waals surface area contributed by atoms with Crippen LogP contribution in [0.5, 0.6) is 5.75 Å². The fraction of sp³-hybridized carbons (Fsp3) is 0.167. The van der Waals surface area contributed by atoms with Crippen molar-refractivity contribution in [2.24, 2.45) is 0 Å². The van der Waals surface area contributed by atoms with Gasteiger partial charge in [0.05, 0.1) is 17.9 Å². The third-order valence-electron chi connectivity index (χ3n) is 4.86. The van der Waals surface area contributed by atoms with E-state index in [-0.39, 0.29) is 11.7 Å². The van der Waals surface area contributed by atoms with Crippen LogP contribution in [0.4, 0.5) is 5.82 Å². The Balaban J connectivity index is 1.51. The first-order valence-corrected chi connectivity index (χ1v) is 11.6. The zero-order valence-corrected chi connectivity index (χ0v) is 19.5. The Kier molecular flexibility index (Phi) is 7.59. The van der Waals surface area contributed by atoms with E-state index in [4.69, 9.17) is 16.3 Å². The van der Waals surface area contributed by atoms with Crippen molar-refractivity contribution in [1.82, 2.24) is 19.7 Å². The average molecular weight is 480 g/mol. The van der Waals surface area contributed by atoms with Gasteiger partial charge in [-0.1, -0.05) is 53.7 Å². The number of thioether (sulfide) groups is 1. The van der Waals surface area contributed by atoms with Crippen molar-refractivity contribution >= 4 is 35.1 Å². The van der Waals surface area contributed by atoms with Crippen LogP contribution in [0.3, 0.4) is 0 Å². The number of hydrogen-bond acceptors (Lipinski definition) is 6. The minimum atomic E-state index is -0.182. The van der Waals surface area contributed by atoms with E-state index in [1.165, 1.54) is 23.5 Å². The van der Waals surface area contributed by atoms with Crippen LogP contribution in [-0.2, 0) is 17.8 Å². The van der Waals surface area contributed by atoms with E-state index in [1.807, 2.05) is 47.0 Å². The topological polar surface area (TPSA) is 81.9 Å². The highest BCUT2D eigenvalue weighted by Crippen LogP contribution is 2.26. The lowest BCUT2D eigenvalue weighted by atomic mass is 10.1. The minimum absolute atomic E-state index is 0.177. The van der Waals surface area contributed by atoms with Crippen molar-refractivity contribution in [3.05, 3.63) is 83.5 Å². The lowest BCUT2D eigenvalue weighted by molar-refractivity contribution is -0.113. The van der Waals surface area contributed by atoms with Gasteiger partial charge in [0.15, 0.2) is 11.0 Å². The van der Waals surface area contributed by atoms with Gasteiger partial charge in [0.1, 0.15) is 11.6 Å². The number of nitrogens with one attached hydrogen (secondary N) is 1. The Morgan fingerprint density at radius 3 is 2.55 bits per heavy atom. The molecule has 1 N–H and O–H groups in total. The summed E-state index contributed by atoms with van der Waals surface area (Å²) in [4.78, 5) is 16.5. The number of ether oxygens (including phenoxy) is 1. The van der Waals surface area contributed by atoms with Gasteiger partial charge < -0.3 is 14.6 Å². The summed E-state index contributed by atoms with van der Waals surface area (Å²) in [6.07, 6.45) is 2.31. The Bertz CT molecular complexity index is 1200. The number of halogens is 1. The van der Waals surface area contributed by atoms with Gasteiger partial charge >= 0.3 is 0 Å². The fourth-order valence-electron chi connectivity index (χ4n) is 3.20. The molecule has 0 fully saturated rings. The fourth-order valence-corrected chi connectivity index (χ4v) is 4.07. The standard InChI is InChI=1S/C24H22ClN5O2S/c1-32-20-10-7-18(8-11-20)23-28-29-24(30(23)14-13-17-5-3-2-4-6-17)33-16-22(31)27-21-12-9-19(25)15-26-21/h2-12,15H,13-14,16H2,1H3,(H,26,27,31). The Labute approximate surface area is 201 Å². The zero-order valence-electron chi connectivity index (χ0n) is 17.9. The predicted octanol–water partition coefficient (Wildman–Crippen LogP) is 4.98. The first kappa shape index (κ1) is 22.8. The molecule has 0 unspecified atom stereocenters. The van der Waals surface area contributed by atoms with Gasteiger partial charge in [-0.2, -0.15) is 0 Å². The molecule has 168 valence electrons. The summed E-state index contributed by atoms with van der Waals surface area (Å²) in [6.45, 7) is 0.682. The number of pyridine rings is 1. The molecule has 2 aromatic carbocycles. The number of anilines is 1. The van der Waals surface area contributed by atoms with Crippen LogP contribution < -0.4 is 10.1 Å². The summed E-state index contributed by atoms with van der Waals surface area (Å²) in [5.41, 5.74) is 2.15. The highest BCUT2D eigenvalue weighted by molar-refractivity contribution is 7.99. The second-order valence-electron chi connectivity index (χ2n) is 7.12. The maximum atomic E-state index is 12.4. The number of nitrogens with zero attached hydrogens (tertiary/aromatic N) is 4. The molecule has 4 aromatic rings. The number of rotatable bonds is 9. The average Bonchev–Trinajstić information content (AvgIpc) is 3.26. The van der Waals surface area contributed by atoms with Gasteiger partial charge in [-0.25, -0.2) is 4.98 Å². The molecule has 0 radical (unpaired) electrons. The van der Waals surface area contributed by atoms with Gasteiger partial charge in [-0.15, -0.1) is 10.2 Å². The molecule has 2 heterocycles. The molecule has 0 aliphatic heterocycles. The van der Waals surface area contributed by atoms with Crippen LogP contribution in [0.2, 0.25) is 5.02 Å². The number of hydrogen-bond donors (Lipinski definition) is 1. The Morgan fingerprint density at radius 2 is 1.85 bits per heavy atom. The second kappa shape index (κ2) is 11.0. The van der Waals surface area contributed by atoms with Crippen molar-refractivity contribution in [2.45, 2.75) is 18.1 Å². The van der Waals surface area contributed by atoms with Crippen LogP contribution in [0.25, 0.3) is 11.4 Å². The predicted molar refractivity (Wildman–Crippen MR) is 131 cm³/mol. The third kappa shape index (κ3) is 6.12. The van der Waals surface area contributed by atoms with Gasteiger partial charge in [0.2, 0.25) is 5.91 Å². The van der Waals surface area contributed by atoms with Crippen LogP contribution >= 0.6 is 23.4 Å². The first-order valence-electron chi connectivity index (χ1n) is 10.3. The molecule has 0 saturated heterocycles. The van der Waals surface area contributed by atoms with E-state index in [0.29, 0.717) is 22.5 Å². The van der Waals surface area contributed by atoms with E-state index < -0.39 is 0 Å². The highest BCUT2D eigenvalue weighted by Gasteiger charge is 2.16. The van der Waals surface area contributed by atoms with Crippen LogP contribution in [0.1, 0.15) is 5.56 Å². The van der Waals surface area contributed by atoms with Crippen LogP contribution in [-0.4, -0.2) is 38.5 Å². The summed E-state index contributed by atoms with van der Waals surface area (Å²) in [6, 6.07) is 21.3. The summed E-state index contributed by atoms with van der Waals surface area (Å²) in [5, 5.41) is 12.7. The van der Waals surface area contributed by atoms with Crippen molar-refractivity contribution in [3.63, 3.8) is 0 Å². The number of aryl methyl sites for hydroxylation is 1. The number of amides is 1. The molecule has 0 aliphatic carbocycles. The molecular weight excluding hydrogens is 458 g/mol. The molecule has 2 aromatic heterocycles. The SMILES string of the molecule is COc1ccc(-c2nnc(SCC(=O)Nc3ccc(Cl)cn3)n2CCc2ccccc2)cc1. The smallest absolute Gasteiger partial charge is 0.236 e. The van der Waals surface area contributed by atoms with Crippen molar-refractivity contribution in [1.29, 1.82) is 0 Å². The second-order valence-corrected chi connectivity index (χ2v) is 8.50. The number of benzene rings is 2. The normalized spacial score (nSPS) is 10.7. The highest BCUT2D eigenvalue weighted by atomic mass is 35.5. The molecule has 9 heteroatoms. The molecular formula is C24H22ClN5O2S. The molecule has 0 atom stereocenters. The summed E-state index contributed by atoms with van der Waals surface area (Å²) >= 11 is 7.18. The van der Waals surface area contributed by atoms with Crippen LogP contribution in [0.15, 0.2) is 78.1 Å². The summed E-state index contributed by atoms with van der Waals surface area (Å²) in [5.74, 6) is 1.97. The molecule has 1 amide bonds. The number of methoxy groups -OCH3 is 1. The van der Waals surface area contributed by atoms with E-state index in [9.17, 15) is 4.79 Å². The maximum absolute atomic E-state index is 12.4. The molecule has 0 spiro atoms. The molecule has 33 heavy (non-hydrogen) atoms. The lowest BCUT2D eigenvalue weighted by Gasteiger charge is -2.11. The van der Waals surface area contributed by atoms with Gasteiger partial charge in [-0.05, 0) is 48.4 Å². The van der Waals surface area contributed by atoms with Gasteiger partial charge in [0.25, 0.3) is 0 Å². The van der Waals surface area contributed by atoms with Crippen LogP contribution in [0, 0.1) is 0 Å². The van der Waals surface area contributed by atoms with Gasteiger partial charge in [0, 0.05) is 18.3 Å². The monoisotopic (exact) mass is 479 g/mol. The van der Waals surface area contributed by atoms with E-state index in [1.54, 1.807) is 19.2 Å². The summed E-state index contributed by atoms with van der Waals surface area (Å²) in [7, 11) is 1.64. The van der Waals surface area contributed by atoms with E-state index in [2.05, 4.69) is 32.6 Å². The zero-order chi connectivity index (χ0) is 23.0. The number of carbonyl (C=O) groups excluding carboxylic acids is 1. The quantitative estimate of drug-likeness (QED) is 0.341.